The Labute approximate surface area is 170 Å². The van der Waals surface area contributed by atoms with E-state index in [0.29, 0.717) is 10.4 Å². The molecule has 0 spiro atoms. The number of rotatable bonds is 7. The molecule has 0 aromatic heterocycles. The normalized spacial score (nSPS) is 11.4. The molecule has 0 aliphatic rings. The second-order valence-electron chi connectivity index (χ2n) is 5.53. The van der Waals surface area contributed by atoms with E-state index in [9.17, 15) is 4.79 Å². The molecule has 0 amide bonds. The van der Waals surface area contributed by atoms with Crippen molar-refractivity contribution in [2.75, 3.05) is 0 Å². The molecule has 0 aliphatic heterocycles. The second-order valence-corrected chi connectivity index (χ2v) is 5.93. The van der Waals surface area contributed by atoms with Gasteiger partial charge in [0.1, 0.15) is 0 Å². The summed E-state index contributed by atoms with van der Waals surface area (Å²) in [6.07, 6.45) is 3.41. The number of nitrogens with one attached hydrogen (secondary N) is 1. The van der Waals surface area contributed by atoms with Crippen LogP contribution in [-0.2, 0) is 11.2 Å². The Balaban J connectivity index is 0.00000288. The summed E-state index contributed by atoms with van der Waals surface area (Å²) in [6.45, 7) is 2.17. The predicted octanol–water partition coefficient (Wildman–Crippen LogP) is 1.98. The van der Waals surface area contributed by atoms with Gasteiger partial charge in [-0.05, 0) is 35.6 Å². The Morgan fingerprint density at radius 1 is 1.17 bits per heavy atom. The van der Waals surface area contributed by atoms with Crippen molar-refractivity contribution in [2.24, 2.45) is 0 Å². The van der Waals surface area contributed by atoms with E-state index < -0.39 is 12.0 Å². The maximum absolute atomic E-state index is 11.0. The molecule has 2 N–H and O–H groups in total. The third-order valence-corrected chi connectivity index (χ3v) is 4.24. The number of carboxylic acids is 1. The fourth-order valence-electron chi connectivity index (χ4n) is 2.37. The van der Waals surface area contributed by atoms with E-state index in [-0.39, 0.29) is 29.6 Å². The number of aryl methyl sites for hydroxylation is 1. The standard InChI is InChI=1S/C19H20NO2S.Na/c1-2-3-5-13-8-10-14(11-9-13)18(23)16-7-4-6-15(12-16)17(20)19(21)22;/h4,6-12,17,20H,2-3,5H2,1H3,(H,21,22);/q-1;+1. The molecule has 2 rings (SSSR count). The Hall–Kier alpha value is -1.04. The van der Waals surface area contributed by atoms with Crippen LogP contribution >= 0.6 is 12.2 Å². The van der Waals surface area contributed by atoms with Gasteiger partial charge in [-0.15, -0.1) is 0 Å². The predicted molar refractivity (Wildman–Crippen MR) is 97.0 cm³/mol. The van der Waals surface area contributed by atoms with E-state index in [4.69, 9.17) is 23.1 Å². The van der Waals surface area contributed by atoms with Crippen LogP contribution in [0.1, 0.15) is 48.1 Å². The fraction of sp³-hybridized carbons (Fsp3) is 0.263. The third-order valence-electron chi connectivity index (χ3n) is 3.76. The summed E-state index contributed by atoms with van der Waals surface area (Å²) in [6, 6.07) is 13.9. The number of aliphatic carboxylic acids is 1. The molecule has 3 nitrogen and oxygen atoms in total. The fourth-order valence-corrected chi connectivity index (χ4v) is 2.64. The summed E-state index contributed by atoms with van der Waals surface area (Å²) in [5.41, 5.74) is 11.1. The van der Waals surface area contributed by atoms with Gasteiger partial charge in [-0.1, -0.05) is 79.7 Å². The van der Waals surface area contributed by atoms with Crippen LogP contribution in [0.2, 0.25) is 0 Å². The van der Waals surface area contributed by atoms with Crippen LogP contribution in [0.15, 0.2) is 48.5 Å². The van der Waals surface area contributed by atoms with Crippen molar-refractivity contribution < 1.29 is 39.5 Å². The Morgan fingerprint density at radius 2 is 1.83 bits per heavy atom. The van der Waals surface area contributed by atoms with Crippen LogP contribution in [0, 0.1) is 0 Å². The number of carboxylic acid groups (broad SMARTS) is 1. The minimum absolute atomic E-state index is 0. The van der Waals surface area contributed by atoms with Gasteiger partial charge in [-0.3, -0.25) is 4.79 Å². The number of thiocarbonyl (C=S) groups is 1. The van der Waals surface area contributed by atoms with Crippen molar-refractivity contribution in [3.8, 4) is 0 Å². The Morgan fingerprint density at radius 3 is 2.42 bits per heavy atom. The molecule has 0 aliphatic carbocycles. The molecule has 0 heterocycles. The van der Waals surface area contributed by atoms with Crippen LogP contribution < -0.4 is 29.6 Å². The van der Waals surface area contributed by atoms with Gasteiger partial charge in [0.25, 0.3) is 5.97 Å². The molecular weight excluding hydrogens is 329 g/mol. The quantitative estimate of drug-likeness (QED) is 0.472. The van der Waals surface area contributed by atoms with Crippen LogP contribution in [-0.4, -0.2) is 15.9 Å². The first-order chi connectivity index (χ1) is 11.0. The molecule has 0 radical (unpaired) electrons. The van der Waals surface area contributed by atoms with Gasteiger partial charge < -0.3 is 10.8 Å². The van der Waals surface area contributed by atoms with Crippen LogP contribution in [0.4, 0.5) is 0 Å². The van der Waals surface area contributed by atoms with Crippen molar-refractivity contribution in [1.29, 1.82) is 0 Å². The number of carbonyl (C=O) groups is 1. The number of hydrogen-bond acceptors (Lipinski definition) is 2. The van der Waals surface area contributed by atoms with Crippen molar-refractivity contribution >= 4 is 23.1 Å². The van der Waals surface area contributed by atoms with Gasteiger partial charge in [0.15, 0.2) is 0 Å². The van der Waals surface area contributed by atoms with Gasteiger partial charge in [0.05, 0.1) is 4.86 Å². The van der Waals surface area contributed by atoms with Crippen molar-refractivity contribution in [1.82, 2.24) is 0 Å². The number of benzene rings is 2. The van der Waals surface area contributed by atoms with Crippen LogP contribution in [0.5, 0.6) is 0 Å². The Bertz CT molecular complexity index is 701. The van der Waals surface area contributed by atoms with E-state index in [2.05, 4.69) is 19.1 Å². The molecule has 2 aromatic carbocycles. The van der Waals surface area contributed by atoms with Gasteiger partial charge in [0, 0.05) is 0 Å². The zero-order valence-electron chi connectivity index (χ0n) is 14.1. The minimum atomic E-state index is -1.28. The summed E-state index contributed by atoms with van der Waals surface area (Å²) >= 11 is 5.52. The first kappa shape index (κ1) is 21.0. The molecule has 24 heavy (non-hydrogen) atoms. The number of unbranched alkanes of at least 4 members (excludes halogenated alkanes) is 1. The molecule has 0 saturated heterocycles. The average Bonchev–Trinajstić information content (AvgIpc) is 2.59. The molecule has 1 atom stereocenters. The molecule has 2 aromatic rings. The van der Waals surface area contributed by atoms with E-state index in [1.54, 1.807) is 18.2 Å². The molecule has 0 saturated carbocycles. The molecular formula is C19H20NNaO2S. The van der Waals surface area contributed by atoms with Crippen molar-refractivity contribution in [3.63, 3.8) is 0 Å². The summed E-state index contributed by atoms with van der Waals surface area (Å²) in [7, 11) is 0. The zero-order chi connectivity index (χ0) is 16.8. The first-order valence-electron chi connectivity index (χ1n) is 7.70. The molecule has 0 fully saturated rings. The first-order valence-corrected chi connectivity index (χ1v) is 8.11. The van der Waals surface area contributed by atoms with Gasteiger partial charge >= 0.3 is 29.6 Å². The monoisotopic (exact) mass is 349 g/mol. The minimum Gasteiger partial charge on any atom is -0.661 e. The SMILES string of the molecule is CCCCc1ccc(C(=S)c2cccc(C([NH-])C(=O)O)c2)cc1.[Na+]. The van der Waals surface area contributed by atoms with E-state index >= 15 is 0 Å². The second kappa shape index (κ2) is 10.1. The van der Waals surface area contributed by atoms with E-state index in [0.717, 1.165) is 17.5 Å². The summed E-state index contributed by atoms with van der Waals surface area (Å²) in [4.78, 5) is 11.6. The molecule has 1 unspecified atom stereocenters. The third kappa shape index (κ3) is 5.50. The summed E-state index contributed by atoms with van der Waals surface area (Å²) < 4.78 is 0. The summed E-state index contributed by atoms with van der Waals surface area (Å²) in [5.74, 6) is -1.16. The topological polar surface area (TPSA) is 61.1 Å². The van der Waals surface area contributed by atoms with Crippen LogP contribution in [0.3, 0.4) is 0 Å². The molecule has 0 bridgehead atoms. The Kier molecular flexibility index (Phi) is 8.81. The van der Waals surface area contributed by atoms with E-state index in [1.807, 2.05) is 18.2 Å². The van der Waals surface area contributed by atoms with Crippen LogP contribution in [0.25, 0.3) is 5.73 Å². The van der Waals surface area contributed by atoms with E-state index in [1.165, 1.54) is 18.4 Å². The summed E-state index contributed by atoms with van der Waals surface area (Å²) in [5, 5.41) is 8.96. The zero-order valence-corrected chi connectivity index (χ0v) is 16.9. The van der Waals surface area contributed by atoms with Gasteiger partial charge in [0.2, 0.25) is 0 Å². The molecule has 5 heteroatoms. The number of hydrogen-bond donors (Lipinski definition) is 1. The smallest absolute Gasteiger partial charge is 0.661 e. The van der Waals surface area contributed by atoms with Crippen molar-refractivity contribution in [3.05, 3.63) is 76.5 Å². The maximum Gasteiger partial charge on any atom is 1.00 e. The average molecular weight is 349 g/mol. The van der Waals surface area contributed by atoms with Crippen molar-refractivity contribution in [2.45, 2.75) is 32.2 Å². The van der Waals surface area contributed by atoms with Gasteiger partial charge in [-0.25, -0.2) is 0 Å². The van der Waals surface area contributed by atoms with Gasteiger partial charge in [-0.2, -0.15) is 0 Å². The molecule has 120 valence electrons. The largest absolute Gasteiger partial charge is 1.00 e. The maximum atomic E-state index is 11.0.